The molecule has 1 aromatic carbocycles. The van der Waals surface area contributed by atoms with Crippen LogP contribution >= 0.6 is 0 Å². The fraction of sp³-hybridized carbons (Fsp3) is 0.429. The molecule has 3 unspecified atom stereocenters. The number of fused-ring (bicyclic) bond motifs is 1. The number of carbonyl (C=O) groups excluding carboxylic acids is 1. The maximum Gasteiger partial charge on any atom is 0.237 e. The van der Waals surface area contributed by atoms with E-state index >= 15 is 0 Å². The summed E-state index contributed by atoms with van der Waals surface area (Å²) in [5, 5.41) is 6.49. The Bertz CT molecular complexity index is 782. The van der Waals surface area contributed by atoms with Crippen LogP contribution in [0.1, 0.15) is 37.7 Å². The number of carbonyl (C=O) groups is 1. The lowest BCUT2D eigenvalue weighted by molar-refractivity contribution is -0.123. The van der Waals surface area contributed by atoms with Gasteiger partial charge in [0.25, 0.3) is 0 Å². The van der Waals surface area contributed by atoms with Crippen molar-refractivity contribution in [2.75, 3.05) is 0 Å². The highest BCUT2D eigenvalue weighted by molar-refractivity contribution is 5.82. The Labute approximate surface area is 158 Å². The summed E-state index contributed by atoms with van der Waals surface area (Å²) >= 11 is 0. The SMILES string of the molecule is O=C(NCc1ccc(Oc2cccc(F)c2)nc1)C1CC2CCCCC2N1. The van der Waals surface area contributed by atoms with Crippen molar-refractivity contribution in [2.24, 2.45) is 5.92 Å². The predicted octanol–water partition coefficient (Wildman–Crippen LogP) is 3.55. The second-order valence-corrected chi connectivity index (χ2v) is 7.39. The summed E-state index contributed by atoms with van der Waals surface area (Å²) in [5.41, 5.74) is 0.894. The lowest BCUT2D eigenvalue weighted by Crippen LogP contribution is -2.42. The zero-order chi connectivity index (χ0) is 18.6. The molecule has 1 aliphatic carbocycles. The number of aromatic nitrogens is 1. The van der Waals surface area contributed by atoms with Crippen molar-refractivity contribution < 1.29 is 13.9 Å². The number of benzene rings is 1. The zero-order valence-electron chi connectivity index (χ0n) is 15.2. The largest absolute Gasteiger partial charge is 0.439 e. The van der Waals surface area contributed by atoms with Gasteiger partial charge in [0.15, 0.2) is 0 Å². The molecule has 1 aromatic heterocycles. The molecular weight excluding hydrogens is 345 g/mol. The van der Waals surface area contributed by atoms with E-state index in [9.17, 15) is 9.18 Å². The van der Waals surface area contributed by atoms with Crippen molar-refractivity contribution in [3.8, 4) is 11.6 Å². The topological polar surface area (TPSA) is 63.2 Å². The van der Waals surface area contributed by atoms with Crippen molar-refractivity contribution in [3.05, 3.63) is 54.0 Å². The average Bonchev–Trinajstić information content (AvgIpc) is 3.12. The van der Waals surface area contributed by atoms with Gasteiger partial charge < -0.3 is 15.4 Å². The first-order valence-electron chi connectivity index (χ1n) is 9.59. The lowest BCUT2D eigenvalue weighted by atomic mass is 9.85. The Morgan fingerprint density at radius 1 is 1.26 bits per heavy atom. The van der Waals surface area contributed by atoms with Gasteiger partial charge in [-0.05, 0) is 42.9 Å². The molecule has 6 heteroatoms. The smallest absolute Gasteiger partial charge is 0.237 e. The fourth-order valence-corrected chi connectivity index (χ4v) is 4.06. The second kappa shape index (κ2) is 8.05. The Hall–Kier alpha value is -2.47. The molecule has 5 nitrogen and oxygen atoms in total. The average molecular weight is 369 g/mol. The van der Waals surface area contributed by atoms with E-state index in [0.29, 0.717) is 30.1 Å². The van der Waals surface area contributed by atoms with Crippen LogP contribution < -0.4 is 15.4 Å². The Kier molecular flexibility index (Phi) is 5.34. The first-order valence-corrected chi connectivity index (χ1v) is 9.59. The summed E-state index contributed by atoms with van der Waals surface area (Å²) in [6, 6.07) is 9.92. The molecule has 2 N–H and O–H groups in total. The van der Waals surface area contributed by atoms with Crippen LogP contribution in [0.5, 0.6) is 11.6 Å². The van der Waals surface area contributed by atoms with Crippen LogP contribution in [0.4, 0.5) is 4.39 Å². The van der Waals surface area contributed by atoms with Crippen molar-refractivity contribution in [2.45, 2.75) is 50.7 Å². The van der Waals surface area contributed by atoms with Crippen LogP contribution in [0, 0.1) is 11.7 Å². The van der Waals surface area contributed by atoms with E-state index in [1.165, 1.54) is 37.8 Å². The number of amides is 1. The van der Waals surface area contributed by atoms with Crippen molar-refractivity contribution in [3.63, 3.8) is 0 Å². The van der Waals surface area contributed by atoms with Crippen LogP contribution in [0.3, 0.4) is 0 Å². The summed E-state index contributed by atoms with van der Waals surface area (Å²) in [7, 11) is 0. The molecule has 3 atom stereocenters. The number of pyridine rings is 1. The van der Waals surface area contributed by atoms with E-state index in [4.69, 9.17) is 4.74 Å². The molecule has 2 heterocycles. The van der Waals surface area contributed by atoms with E-state index in [2.05, 4.69) is 15.6 Å². The van der Waals surface area contributed by atoms with Gasteiger partial charge in [-0.25, -0.2) is 9.37 Å². The summed E-state index contributed by atoms with van der Waals surface area (Å²) in [4.78, 5) is 16.7. The molecule has 4 rings (SSSR count). The highest BCUT2D eigenvalue weighted by Gasteiger charge is 2.37. The maximum absolute atomic E-state index is 13.2. The molecule has 1 aliphatic heterocycles. The summed E-state index contributed by atoms with van der Waals surface area (Å²) < 4.78 is 18.7. The normalized spacial score (nSPS) is 24.3. The number of nitrogens with one attached hydrogen (secondary N) is 2. The Balaban J connectivity index is 1.28. The number of nitrogens with zero attached hydrogens (tertiary/aromatic N) is 1. The van der Waals surface area contributed by atoms with Crippen molar-refractivity contribution >= 4 is 5.91 Å². The third-order valence-corrected chi connectivity index (χ3v) is 5.46. The first kappa shape index (κ1) is 17.9. The third-order valence-electron chi connectivity index (χ3n) is 5.46. The Morgan fingerprint density at radius 3 is 2.93 bits per heavy atom. The van der Waals surface area contributed by atoms with Crippen molar-refractivity contribution in [1.29, 1.82) is 0 Å². The van der Waals surface area contributed by atoms with Gasteiger partial charge in [0, 0.05) is 30.9 Å². The van der Waals surface area contributed by atoms with E-state index in [1.807, 2.05) is 6.07 Å². The number of halogens is 1. The van der Waals surface area contributed by atoms with E-state index in [-0.39, 0.29) is 17.8 Å². The molecular formula is C21H24FN3O2. The van der Waals surface area contributed by atoms with Crippen LogP contribution in [0.25, 0.3) is 0 Å². The fourth-order valence-electron chi connectivity index (χ4n) is 4.06. The van der Waals surface area contributed by atoms with E-state index in [1.54, 1.807) is 24.4 Å². The summed E-state index contributed by atoms with van der Waals surface area (Å²) in [6.07, 6.45) is 7.57. The van der Waals surface area contributed by atoms with Gasteiger partial charge in [-0.1, -0.05) is 25.0 Å². The molecule has 2 fully saturated rings. The minimum Gasteiger partial charge on any atom is -0.439 e. The van der Waals surface area contributed by atoms with Gasteiger partial charge in [0.1, 0.15) is 11.6 Å². The lowest BCUT2D eigenvalue weighted by Gasteiger charge is -2.24. The standard InChI is InChI=1S/C21H24FN3O2/c22-16-5-3-6-17(11-16)27-20-9-8-14(12-23-20)13-24-21(26)19-10-15-4-1-2-7-18(15)25-19/h3,5-6,8-9,11-12,15,18-19,25H,1-2,4,7,10,13H2,(H,24,26). The highest BCUT2D eigenvalue weighted by atomic mass is 19.1. The Morgan fingerprint density at radius 2 is 2.15 bits per heavy atom. The number of hydrogen-bond donors (Lipinski definition) is 2. The molecule has 2 aliphatic rings. The quantitative estimate of drug-likeness (QED) is 0.846. The van der Waals surface area contributed by atoms with Crippen LogP contribution in [-0.2, 0) is 11.3 Å². The molecule has 1 saturated carbocycles. The monoisotopic (exact) mass is 369 g/mol. The molecule has 0 bridgehead atoms. The molecule has 2 aromatic rings. The minimum atomic E-state index is -0.354. The second-order valence-electron chi connectivity index (χ2n) is 7.39. The van der Waals surface area contributed by atoms with Crippen LogP contribution in [-0.4, -0.2) is 23.0 Å². The van der Waals surface area contributed by atoms with Gasteiger partial charge in [-0.3, -0.25) is 4.79 Å². The van der Waals surface area contributed by atoms with Crippen LogP contribution in [0.15, 0.2) is 42.6 Å². The van der Waals surface area contributed by atoms with Crippen LogP contribution in [0.2, 0.25) is 0 Å². The first-order chi connectivity index (χ1) is 13.2. The molecule has 27 heavy (non-hydrogen) atoms. The van der Waals surface area contributed by atoms with Gasteiger partial charge >= 0.3 is 0 Å². The van der Waals surface area contributed by atoms with E-state index < -0.39 is 0 Å². The summed E-state index contributed by atoms with van der Waals surface area (Å²) in [5.74, 6) is 1.14. The van der Waals surface area contributed by atoms with E-state index in [0.717, 1.165) is 12.0 Å². The number of ether oxygens (including phenoxy) is 1. The van der Waals surface area contributed by atoms with Gasteiger partial charge in [-0.15, -0.1) is 0 Å². The predicted molar refractivity (Wildman–Crippen MR) is 99.8 cm³/mol. The third kappa shape index (κ3) is 4.45. The summed E-state index contributed by atoms with van der Waals surface area (Å²) in [6.45, 7) is 0.430. The maximum atomic E-state index is 13.2. The molecule has 1 saturated heterocycles. The molecule has 1 amide bonds. The number of rotatable bonds is 5. The molecule has 0 radical (unpaired) electrons. The van der Waals surface area contributed by atoms with Crippen molar-refractivity contribution in [1.82, 2.24) is 15.6 Å². The molecule has 0 spiro atoms. The zero-order valence-corrected chi connectivity index (χ0v) is 15.2. The molecule has 142 valence electrons. The van der Waals surface area contributed by atoms with Gasteiger partial charge in [0.05, 0.1) is 6.04 Å². The highest BCUT2D eigenvalue weighted by Crippen LogP contribution is 2.33. The minimum absolute atomic E-state index is 0.0597. The number of hydrogen-bond acceptors (Lipinski definition) is 4. The van der Waals surface area contributed by atoms with Gasteiger partial charge in [-0.2, -0.15) is 0 Å². The van der Waals surface area contributed by atoms with Gasteiger partial charge in [0.2, 0.25) is 11.8 Å².